The first kappa shape index (κ1) is 16.9. The quantitative estimate of drug-likeness (QED) is 0.630. The van der Waals surface area contributed by atoms with Gasteiger partial charge in [-0.25, -0.2) is 0 Å². The van der Waals surface area contributed by atoms with E-state index in [0.29, 0.717) is 11.1 Å². The van der Waals surface area contributed by atoms with Crippen LogP contribution in [0.4, 0.5) is 13.2 Å². The third-order valence-corrected chi connectivity index (χ3v) is 4.39. The average Bonchev–Trinajstić information content (AvgIpc) is 2.89. The molecule has 2 rings (SSSR count). The van der Waals surface area contributed by atoms with Crippen molar-refractivity contribution in [3.8, 4) is 6.07 Å². The van der Waals surface area contributed by atoms with Gasteiger partial charge in [0.1, 0.15) is 17.0 Å². The molecule has 0 spiro atoms. The molecule has 1 aliphatic carbocycles. The van der Waals surface area contributed by atoms with Crippen molar-refractivity contribution in [2.75, 3.05) is 0 Å². The van der Waals surface area contributed by atoms with E-state index >= 15 is 0 Å². The normalized spacial score (nSPS) is 19.8. The lowest BCUT2D eigenvalue weighted by molar-refractivity contribution is -0.139. The minimum absolute atomic E-state index is 0.350. The van der Waals surface area contributed by atoms with Gasteiger partial charge in [-0.15, -0.1) is 0 Å². The topological polar surface area (TPSA) is 57.9 Å². The van der Waals surface area contributed by atoms with Crippen molar-refractivity contribution in [1.29, 1.82) is 5.26 Å². The Morgan fingerprint density at radius 2 is 1.70 bits per heavy atom. The highest BCUT2D eigenvalue weighted by Crippen LogP contribution is 2.53. The van der Waals surface area contributed by atoms with Crippen molar-refractivity contribution < 1.29 is 22.8 Å². The first-order valence-electron chi connectivity index (χ1n) is 6.93. The number of ketones is 2. The van der Waals surface area contributed by atoms with Crippen LogP contribution < -0.4 is 0 Å². The fraction of sp³-hybridized carbons (Fsp3) is 0.353. The van der Waals surface area contributed by atoms with Crippen LogP contribution in [0, 0.1) is 16.7 Å². The molecular formula is C17H14F3NO2. The van der Waals surface area contributed by atoms with E-state index in [0.717, 1.165) is 19.9 Å². The second-order valence-corrected chi connectivity index (χ2v) is 5.66. The van der Waals surface area contributed by atoms with E-state index < -0.39 is 41.1 Å². The summed E-state index contributed by atoms with van der Waals surface area (Å²) in [4.78, 5) is 24.2. The highest BCUT2D eigenvalue weighted by Gasteiger charge is 2.55. The van der Waals surface area contributed by atoms with Crippen molar-refractivity contribution in [2.24, 2.45) is 5.41 Å². The van der Waals surface area contributed by atoms with Crippen molar-refractivity contribution in [3.05, 3.63) is 47.0 Å². The highest BCUT2D eigenvalue weighted by molar-refractivity contribution is 6.07. The van der Waals surface area contributed by atoms with Gasteiger partial charge in [-0.05, 0) is 38.0 Å². The molecule has 1 unspecified atom stereocenters. The third-order valence-electron chi connectivity index (χ3n) is 4.39. The number of Topliss-reactive ketones (excluding diaryl/α,β-unsaturated/α-hetero) is 2. The molecule has 0 aromatic heterocycles. The molecule has 0 N–H and O–H groups in total. The van der Waals surface area contributed by atoms with E-state index in [2.05, 4.69) is 0 Å². The van der Waals surface area contributed by atoms with Crippen molar-refractivity contribution in [1.82, 2.24) is 0 Å². The van der Waals surface area contributed by atoms with E-state index in [1.54, 1.807) is 0 Å². The number of alkyl halides is 3. The van der Waals surface area contributed by atoms with E-state index in [1.165, 1.54) is 24.3 Å². The molecule has 0 amide bonds. The largest absolute Gasteiger partial charge is 0.412 e. The Labute approximate surface area is 131 Å². The molecule has 1 aliphatic rings. The predicted molar refractivity (Wildman–Crippen MR) is 76.4 cm³/mol. The van der Waals surface area contributed by atoms with Gasteiger partial charge in [-0.2, -0.15) is 18.4 Å². The van der Waals surface area contributed by atoms with Gasteiger partial charge in [0, 0.05) is 11.5 Å². The van der Waals surface area contributed by atoms with Crippen LogP contribution in [-0.2, 0) is 9.59 Å². The van der Waals surface area contributed by atoms with Crippen LogP contribution in [0.15, 0.2) is 35.9 Å². The number of carbonyl (C=O) groups is 2. The van der Waals surface area contributed by atoms with Crippen molar-refractivity contribution in [3.63, 3.8) is 0 Å². The molecule has 0 fully saturated rings. The van der Waals surface area contributed by atoms with Gasteiger partial charge >= 0.3 is 6.18 Å². The van der Waals surface area contributed by atoms with Gasteiger partial charge in [0.05, 0.1) is 11.6 Å². The van der Waals surface area contributed by atoms with Gasteiger partial charge in [0.2, 0.25) is 0 Å². The first-order chi connectivity index (χ1) is 10.6. The van der Waals surface area contributed by atoms with Gasteiger partial charge in [0.15, 0.2) is 0 Å². The second-order valence-electron chi connectivity index (χ2n) is 5.66. The molecule has 0 saturated carbocycles. The number of nitrogens with zero attached hydrogens (tertiary/aromatic N) is 1. The predicted octanol–water partition coefficient (Wildman–Crippen LogP) is 3.70. The lowest BCUT2D eigenvalue weighted by Crippen LogP contribution is -2.39. The molecule has 1 atom stereocenters. The van der Waals surface area contributed by atoms with Crippen LogP contribution in [0.2, 0.25) is 0 Å². The molecule has 3 nitrogen and oxygen atoms in total. The van der Waals surface area contributed by atoms with E-state index in [4.69, 9.17) is 5.26 Å². The van der Waals surface area contributed by atoms with Crippen molar-refractivity contribution >= 4 is 11.6 Å². The zero-order chi connectivity index (χ0) is 17.4. The maximum Gasteiger partial charge on any atom is 0.412 e. The first-order valence-corrected chi connectivity index (χ1v) is 6.93. The average molecular weight is 321 g/mol. The molecule has 1 aromatic rings. The standard InChI is InChI=1S/C17H14F3NO2/c1-10(22)16(11(2)23)8-14(17(18,19)20)7-15(16)13-5-3-12(9-21)4-6-13/h3-7,15H,8H2,1-2H3. The molecule has 0 aliphatic heterocycles. The minimum atomic E-state index is -4.59. The summed E-state index contributed by atoms with van der Waals surface area (Å²) in [5, 5.41) is 8.80. The molecule has 120 valence electrons. The van der Waals surface area contributed by atoms with Crippen LogP contribution in [0.25, 0.3) is 0 Å². The number of rotatable bonds is 3. The Morgan fingerprint density at radius 1 is 1.17 bits per heavy atom. The van der Waals surface area contributed by atoms with Crippen LogP contribution >= 0.6 is 0 Å². The fourth-order valence-electron chi connectivity index (χ4n) is 3.09. The Morgan fingerprint density at radius 3 is 2.09 bits per heavy atom. The second kappa shape index (κ2) is 5.65. The van der Waals surface area contributed by atoms with Crippen LogP contribution in [0.5, 0.6) is 0 Å². The smallest absolute Gasteiger partial charge is 0.299 e. The van der Waals surface area contributed by atoms with Crippen molar-refractivity contribution in [2.45, 2.75) is 32.4 Å². The Kier molecular flexibility index (Phi) is 4.16. The number of halogens is 3. The Balaban J connectivity index is 2.61. The zero-order valence-corrected chi connectivity index (χ0v) is 12.6. The monoisotopic (exact) mass is 321 g/mol. The summed E-state index contributed by atoms with van der Waals surface area (Å²) in [5.41, 5.74) is -1.84. The summed E-state index contributed by atoms with van der Waals surface area (Å²) >= 11 is 0. The summed E-state index contributed by atoms with van der Waals surface area (Å²) in [6.45, 7) is 2.29. The highest BCUT2D eigenvalue weighted by atomic mass is 19.4. The maximum atomic E-state index is 13.1. The molecule has 1 aromatic carbocycles. The van der Waals surface area contributed by atoms with Crippen LogP contribution in [0.1, 0.15) is 37.3 Å². The summed E-state index contributed by atoms with van der Waals surface area (Å²) < 4.78 is 39.3. The number of nitriles is 1. The van der Waals surface area contributed by atoms with Gasteiger partial charge < -0.3 is 0 Å². The summed E-state index contributed by atoms with van der Waals surface area (Å²) in [6.07, 6.45) is -4.27. The summed E-state index contributed by atoms with van der Waals surface area (Å²) in [6, 6.07) is 7.80. The number of allylic oxidation sites excluding steroid dienone is 2. The van der Waals surface area contributed by atoms with E-state index in [1.807, 2.05) is 6.07 Å². The molecule has 0 bridgehead atoms. The fourth-order valence-corrected chi connectivity index (χ4v) is 3.09. The zero-order valence-electron chi connectivity index (χ0n) is 12.6. The van der Waals surface area contributed by atoms with Crippen LogP contribution in [-0.4, -0.2) is 17.7 Å². The van der Waals surface area contributed by atoms with E-state index in [-0.39, 0.29) is 0 Å². The molecule has 0 saturated heterocycles. The molecular weight excluding hydrogens is 307 g/mol. The number of hydrogen-bond acceptors (Lipinski definition) is 3. The maximum absolute atomic E-state index is 13.1. The van der Waals surface area contributed by atoms with Crippen LogP contribution in [0.3, 0.4) is 0 Å². The molecule has 6 heteroatoms. The summed E-state index contributed by atoms with van der Waals surface area (Å²) in [5.74, 6) is -2.16. The van der Waals surface area contributed by atoms with Gasteiger partial charge in [0.25, 0.3) is 0 Å². The molecule has 0 radical (unpaired) electrons. The Bertz CT molecular complexity index is 710. The molecule has 23 heavy (non-hydrogen) atoms. The lowest BCUT2D eigenvalue weighted by Gasteiger charge is -2.31. The number of hydrogen-bond donors (Lipinski definition) is 0. The lowest BCUT2D eigenvalue weighted by atomic mass is 9.68. The van der Waals surface area contributed by atoms with Gasteiger partial charge in [-0.3, -0.25) is 9.59 Å². The number of benzene rings is 1. The molecule has 0 heterocycles. The van der Waals surface area contributed by atoms with Gasteiger partial charge in [-0.1, -0.05) is 18.2 Å². The SMILES string of the molecule is CC(=O)C1(C(C)=O)CC(C(F)(F)F)=CC1c1ccc(C#N)cc1. The Hall–Kier alpha value is -2.42. The number of carbonyl (C=O) groups excluding carboxylic acids is 2. The van der Waals surface area contributed by atoms with E-state index in [9.17, 15) is 22.8 Å². The minimum Gasteiger partial charge on any atom is -0.299 e. The third kappa shape index (κ3) is 2.79. The summed E-state index contributed by atoms with van der Waals surface area (Å²) in [7, 11) is 0.